The summed E-state index contributed by atoms with van der Waals surface area (Å²) < 4.78 is 4.96. The SMILES string of the molecule is C#CCCCCC(=O)O.COc1ccc(C=C(CC(=O)O)C(=O)O)cc1. The standard InChI is InChI=1S/C12H12O5.C7H10O2/c1-17-10-4-2-8(3-5-10)6-9(12(15)16)7-11(13)14;1-2-3-4-5-6-7(8)9/h2-6H,7H2,1H3,(H,13,14)(H,15,16);1H,3-6H2,(H,8,9). The van der Waals surface area contributed by atoms with Crippen molar-refractivity contribution in [1.29, 1.82) is 0 Å². The molecule has 7 heteroatoms. The zero-order chi connectivity index (χ0) is 19.9. The zero-order valence-corrected chi connectivity index (χ0v) is 14.5. The van der Waals surface area contributed by atoms with Gasteiger partial charge in [0.2, 0.25) is 0 Å². The number of unbranched alkanes of at least 4 members (excludes halogenated alkanes) is 2. The van der Waals surface area contributed by atoms with Gasteiger partial charge in [-0.05, 0) is 36.6 Å². The quantitative estimate of drug-likeness (QED) is 0.351. The summed E-state index contributed by atoms with van der Waals surface area (Å²) in [6.45, 7) is 0. The van der Waals surface area contributed by atoms with Crippen molar-refractivity contribution < 1.29 is 34.4 Å². The fourth-order valence-corrected chi connectivity index (χ4v) is 1.76. The Kier molecular flexibility index (Phi) is 11.4. The molecule has 0 aliphatic heterocycles. The second kappa shape index (κ2) is 13.1. The van der Waals surface area contributed by atoms with Gasteiger partial charge in [0.1, 0.15) is 5.75 Å². The number of carbonyl (C=O) groups is 3. The van der Waals surface area contributed by atoms with E-state index in [1.54, 1.807) is 24.3 Å². The van der Waals surface area contributed by atoms with E-state index in [2.05, 4.69) is 5.92 Å². The van der Waals surface area contributed by atoms with Crippen molar-refractivity contribution in [2.45, 2.75) is 32.1 Å². The maximum atomic E-state index is 10.8. The summed E-state index contributed by atoms with van der Waals surface area (Å²) in [4.78, 5) is 31.2. The lowest BCUT2D eigenvalue weighted by atomic mass is 10.1. The Morgan fingerprint density at radius 1 is 1.08 bits per heavy atom. The van der Waals surface area contributed by atoms with Crippen LogP contribution < -0.4 is 4.74 Å². The van der Waals surface area contributed by atoms with Gasteiger partial charge in [-0.3, -0.25) is 9.59 Å². The van der Waals surface area contributed by atoms with E-state index < -0.39 is 24.3 Å². The minimum absolute atomic E-state index is 0.164. The number of methoxy groups -OCH3 is 1. The first-order valence-electron chi connectivity index (χ1n) is 7.75. The van der Waals surface area contributed by atoms with E-state index in [9.17, 15) is 14.4 Å². The third-order valence-electron chi connectivity index (χ3n) is 3.03. The van der Waals surface area contributed by atoms with Crippen molar-refractivity contribution in [1.82, 2.24) is 0 Å². The largest absolute Gasteiger partial charge is 0.497 e. The van der Waals surface area contributed by atoms with Crippen molar-refractivity contribution in [3.63, 3.8) is 0 Å². The first kappa shape index (κ1) is 22.7. The number of hydrogen-bond acceptors (Lipinski definition) is 4. The van der Waals surface area contributed by atoms with E-state index >= 15 is 0 Å². The van der Waals surface area contributed by atoms with Crippen molar-refractivity contribution in [2.24, 2.45) is 0 Å². The molecule has 7 nitrogen and oxygen atoms in total. The molecule has 3 N–H and O–H groups in total. The third-order valence-corrected chi connectivity index (χ3v) is 3.03. The summed E-state index contributed by atoms with van der Waals surface area (Å²) >= 11 is 0. The van der Waals surface area contributed by atoms with E-state index in [4.69, 9.17) is 26.5 Å². The first-order chi connectivity index (χ1) is 12.3. The molecule has 140 valence electrons. The topological polar surface area (TPSA) is 121 Å². The van der Waals surface area contributed by atoms with Crippen LogP contribution in [0.3, 0.4) is 0 Å². The average Bonchev–Trinajstić information content (AvgIpc) is 2.59. The van der Waals surface area contributed by atoms with Crippen LogP contribution in [0, 0.1) is 12.3 Å². The van der Waals surface area contributed by atoms with Crippen LogP contribution >= 0.6 is 0 Å². The van der Waals surface area contributed by atoms with Gasteiger partial charge in [0.15, 0.2) is 0 Å². The number of terminal acetylenes is 1. The molecule has 0 fully saturated rings. The molecule has 0 bridgehead atoms. The van der Waals surface area contributed by atoms with Gasteiger partial charge in [-0.25, -0.2) is 4.79 Å². The lowest BCUT2D eigenvalue weighted by Gasteiger charge is -2.01. The van der Waals surface area contributed by atoms with Gasteiger partial charge < -0.3 is 20.1 Å². The second-order valence-corrected chi connectivity index (χ2v) is 5.12. The number of benzene rings is 1. The molecule has 0 aliphatic carbocycles. The van der Waals surface area contributed by atoms with Gasteiger partial charge in [0.05, 0.1) is 13.5 Å². The number of carboxylic acid groups (broad SMARTS) is 3. The first-order valence-corrected chi connectivity index (χ1v) is 7.75. The Labute approximate surface area is 151 Å². The molecule has 1 rings (SSSR count). The maximum Gasteiger partial charge on any atom is 0.332 e. The third kappa shape index (κ3) is 11.3. The second-order valence-electron chi connectivity index (χ2n) is 5.12. The molecule has 0 amide bonds. The van der Waals surface area contributed by atoms with E-state index in [-0.39, 0.29) is 12.0 Å². The minimum Gasteiger partial charge on any atom is -0.497 e. The molecule has 0 aromatic heterocycles. The Hall–Kier alpha value is -3.27. The number of rotatable bonds is 9. The Bertz CT molecular complexity index is 666. The molecule has 0 atom stereocenters. The molecule has 0 saturated heterocycles. The number of aliphatic carboxylic acids is 3. The highest BCUT2D eigenvalue weighted by molar-refractivity contribution is 5.96. The Balaban J connectivity index is 0.000000590. The lowest BCUT2D eigenvalue weighted by molar-refractivity contribution is -0.139. The van der Waals surface area contributed by atoms with Gasteiger partial charge in [0, 0.05) is 18.4 Å². The minimum atomic E-state index is -1.23. The molecule has 1 aromatic rings. The zero-order valence-electron chi connectivity index (χ0n) is 14.5. The number of ether oxygens (including phenoxy) is 1. The van der Waals surface area contributed by atoms with Gasteiger partial charge in [-0.1, -0.05) is 12.1 Å². The Morgan fingerprint density at radius 2 is 1.69 bits per heavy atom. The smallest absolute Gasteiger partial charge is 0.332 e. The fraction of sp³-hybridized carbons (Fsp3) is 0.316. The maximum absolute atomic E-state index is 10.8. The van der Waals surface area contributed by atoms with Crippen LogP contribution in [0.1, 0.15) is 37.7 Å². The molecular formula is C19H22O7. The van der Waals surface area contributed by atoms with E-state index in [1.807, 2.05) is 0 Å². The summed E-state index contributed by atoms with van der Waals surface area (Å²) in [6.07, 6.45) is 8.21. The van der Waals surface area contributed by atoms with Gasteiger partial charge >= 0.3 is 17.9 Å². The summed E-state index contributed by atoms with van der Waals surface area (Å²) in [7, 11) is 1.53. The van der Waals surface area contributed by atoms with E-state index in [1.165, 1.54) is 13.2 Å². The molecule has 0 heterocycles. The summed E-state index contributed by atoms with van der Waals surface area (Å²) in [6, 6.07) is 6.66. The fourth-order valence-electron chi connectivity index (χ4n) is 1.76. The molecule has 26 heavy (non-hydrogen) atoms. The normalized spacial score (nSPS) is 10.1. The van der Waals surface area contributed by atoms with Crippen molar-refractivity contribution in [2.75, 3.05) is 7.11 Å². The van der Waals surface area contributed by atoms with Crippen LogP contribution in [0.15, 0.2) is 29.8 Å². The van der Waals surface area contributed by atoms with Crippen molar-refractivity contribution >= 4 is 24.0 Å². The molecule has 0 radical (unpaired) electrons. The Morgan fingerprint density at radius 3 is 2.12 bits per heavy atom. The van der Waals surface area contributed by atoms with E-state index in [0.29, 0.717) is 24.2 Å². The van der Waals surface area contributed by atoms with Crippen LogP contribution in [0.2, 0.25) is 0 Å². The van der Waals surface area contributed by atoms with Crippen LogP contribution in [0.5, 0.6) is 5.75 Å². The number of hydrogen-bond donors (Lipinski definition) is 3. The van der Waals surface area contributed by atoms with Crippen LogP contribution in [-0.2, 0) is 14.4 Å². The molecule has 0 unspecified atom stereocenters. The van der Waals surface area contributed by atoms with Crippen molar-refractivity contribution in [3.05, 3.63) is 35.4 Å². The average molecular weight is 362 g/mol. The van der Waals surface area contributed by atoms with Crippen LogP contribution in [0.4, 0.5) is 0 Å². The predicted octanol–water partition coefficient (Wildman–Crippen LogP) is 2.90. The highest BCUT2D eigenvalue weighted by Gasteiger charge is 2.11. The molecular weight excluding hydrogens is 340 g/mol. The van der Waals surface area contributed by atoms with Crippen molar-refractivity contribution in [3.8, 4) is 18.1 Å². The monoisotopic (exact) mass is 362 g/mol. The molecule has 1 aromatic carbocycles. The van der Waals surface area contributed by atoms with Crippen LogP contribution in [-0.4, -0.2) is 40.3 Å². The summed E-state index contributed by atoms with van der Waals surface area (Å²) in [5, 5.41) is 25.6. The van der Waals surface area contributed by atoms with Crippen LogP contribution in [0.25, 0.3) is 6.08 Å². The summed E-state index contributed by atoms with van der Waals surface area (Å²) in [5.74, 6) is -0.0518. The highest BCUT2D eigenvalue weighted by Crippen LogP contribution is 2.15. The van der Waals surface area contributed by atoms with Gasteiger partial charge in [-0.2, -0.15) is 0 Å². The van der Waals surface area contributed by atoms with Gasteiger partial charge in [-0.15, -0.1) is 12.3 Å². The van der Waals surface area contributed by atoms with Gasteiger partial charge in [0.25, 0.3) is 0 Å². The molecule has 0 spiro atoms. The molecule has 0 saturated carbocycles. The predicted molar refractivity (Wildman–Crippen MR) is 95.8 cm³/mol. The number of carboxylic acids is 3. The highest BCUT2D eigenvalue weighted by atomic mass is 16.5. The molecule has 0 aliphatic rings. The summed E-state index contributed by atoms with van der Waals surface area (Å²) in [5.41, 5.74) is 0.451. The lowest BCUT2D eigenvalue weighted by Crippen LogP contribution is -2.06. The van der Waals surface area contributed by atoms with E-state index in [0.717, 1.165) is 6.42 Å².